The Morgan fingerprint density at radius 2 is 2.04 bits per heavy atom. The molecule has 3 heterocycles. The maximum absolute atomic E-state index is 15.0. The van der Waals surface area contributed by atoms with Gasteiger partial charge in [-0.3, -0.25) is 4.79 Å². The summed E-state index contributed by atoms with van der Waals surface area (Å²) in [4.78, 5) is 26.0. The Kier molecular flexibility index (Phi) is 3.77. The number of aromatic nitrogens is 1. The molecule has 1 saturated heterocycles. The predicted octanol–water partition coefficient (Wildman–Crippen LogP) is 2.17. The van der Waals surface area contributed by atoms with Crippen molar-refractivity contribution in [2.75, 3.05) is 18.0 Å². The summed E-state index contributed by atoms with van der Waals surface area (Å²) in [6.07, 6.45) is 0.782. The van der Waals surface area contributed by atoms with Crippen molar-refractivity contribution in [2.45, 2.75) is 36.8 Å². The van der Waals surface area contributed by atoms with Gasteiger partial charge in [0.15, 0.2) is 0 Å². The van der Waals surface area contributed by atoms with Crippen molar-refractivity contribution in [2.24, 2.45) is 0 Å². The number of carboxylic acid groups (broad SMARTS) is 1. The lowest BCUT2D eigenvalue weighted by molar-refractivity contribution is 0.0689. The molecule has 1 aromatic carbocycles. The summed E-state index contributed by atoms with van der Waals surface area (Å²) in [5.41, 5.74) is 0.256. The first-order valence-corrected chi connectivity index (χ1v) is 9.07. The minimum atomic E-state index is -1.28. The van der Waals surface area contributed by atoms with E-state index in [2.05, 4.69) is 0 Å². The SMILES string of the molecule is Cc1c(F)c(N2CCC(O)CC2)cc2c1c(=O)c(C(=O)O)c1n2CS1. The minimum absolute atomic E-state index is 0.139. The number of benzene rings is 1. The number of nitrogens with zero attached hydrogens (tertiary/aromatic N) is 2. The van der Waals surface area contributed by atoms with Crippen LogP contribution in [0.1, 0.15) is 28.8 Å². The van der Waals surface area contributed by atoms with Crippen LogP contribution in [0.5, 0.6) is 0 Å². The van der Waals surface area contributed by atoms with E-state index in [0.29, 0.717) is 48.0 Å². The molecule has 0 saturated carbocycles. The second-order valence-electron chi connectivity index (χ2n) is 6.46. The molecule has 0 aliphatic carbocycles. The zero-order valence-corrected chi connectivity index (χ0v) is 14.4. The smallest absolute Gasteiger partial charge is 0.342 e. The summed E-state index contributed by atoms with van der Waals surface area (Å²) in [5, 5.41) is 19.6. The molecule has 2 N–H and O–H groups in total. The first-order valence-electron chi connectivity index (χ1n) is 8.09. The molecule has 0 spiro atoms. The molecule has 0 unspecified atom stereocenters. The number of hydrogen-bond donors (Lipinski definition) is 2. The average Bonchev–Trinajstić information content (AvgIpc) is 2.54. The first-order chi connectivity index (χ1) is 11.9. The van der Waals surface area contributed by atoms with E-state index in [1.807, 2.05) is 4.90 Å². The van der Waals surface area contributed by atoms with E-state index < -0.39 is 17.2 Å². The van der Waals surface area contributed by atoms with Crippen molar-refractivity contribution < 1.29 is 19.4 Å². The number of thioether (sulfide) groups is 1. The van der Waals surface area contributed by atoms with Crippen molar-refractivity contribution in [3.63, 3.8) is 0 Å². The Balaban J connectivity index is 1.97. The van der Waals surface area contributed by atoms with Crippen LogP contribution in [0, 0.1) is 12.7 Å². The first kappa shape index (κ1) is 16.4. The third-order valence-electron chi connectivity index (χ3n) is 5.01. The number of aliphatic hydroxyl groups excluding tert-OH is 1. The lowest BCUT2D eigenvalue weighted by Crippen LogP contribution is -2.36. The number of carboxylic acids is 1. The Bertz CT molecular complexity index is 964. The summed E-state index contributed by atoms with van der Waals surface area (Å²) < 4.78 is 16.7. The number of halogens is 1. The standard InChI is InChI=1S/C17H17FN2O4S/c1-8-12-10(20-7-25-16(20)13(15(12)22)17(23)24)6-11(14(8)18)19-4-2-9(21)3-5-19/h6,9,21H,2-5,7H2,1H3,(H,23,24). The van der Waals surface area contributed by atoms with Gasteiger partial charge < -0.3 is 19.7 Å². The molecule has 0 amide bonds. The van der Waals surface area contributed by atoms with Gasteiger partial charge in [0.2, 0.25) is 5.43 Å². The Labute approximate surface area is 146 Å². The van der Waals surface area contributed by atoms with E-state index in [4.69, 9.17) is 0 Å². The number of fused-ring (bicyclic) bond motifs is 3. The molecule has 0 atom stereocenters. The molecule has 2 aliphatic rings. The van der Waals surface area contributed by atoms with E-state index in [0.717, 1.165) is 0 Å². The number of hydrogen-bond acceptors (Lipinski definition) is 5. The van der Waals surface area contributed by atoms with Gasteiger partial charge in [0, 0.05) is 18.7 Å². The summed E-state index contributed by atoms with van der Waals surface area (Å²) >= 11 is 1.31. The topological polar surface area (TPSA) is 82.8 Å². The maximum Gasteiger partial charge on any atom is 0.342 e. The average molecular weight is 364 g/mol. The number of aromatic carboxylic acids is 1. The molecule has 6 nitrogen and oxygen atoms in total. The van der Waals surface area contributed by atoms with Crippen LogP contribution >= 0.6 is 11.8 Å². The molecule has 1 aromatic heterocycles. The van der Waals surface area contributed by atoms with Gasteiger partial charge in [-0.15, -0.1) is 0 Å². The zero-order chi connectivity index (χ0) is 17.9. The molecule has 2 aromatic rings. The highest BCUT2D eigenvalue weighted by molar-refractivity contribution is 7.99. The monoisotopic (exact) mass is 364 g/mol. The minimum Gasteiger partial charge on any atom is -0.477 e. The zero-order valence-electron chi connectivity index (χ0n) is 13.6. The molecular weight excluding hydrogens is 347 g/mol. The number of piperidine rings is 1. The molecule has 0 radical (unpaired) electrons. The molecule has 8 heteroatoms. The Morgan fingerprint density at radius 1 is 1.36 bits per heavy atom. The molecule has 4 rings (SSSR count). The second kappa shape index (κ2) is 5.74. The molecule has 0 bridgehead atoms. The number of anilines is 1. The van der Waals surface area contributed by atoms with Crippen molar-refractivity contribution in [3.8, 4) is 0 Å². The number of aliphatic hydroxyl groups is 1. The van der Waals surface area contributed by atoms with Crippen molar-refractivity contribution in [1.29, 1.82) is 0 Å². The van der Waals surface area contributed by atoms with Crippen LogP contribution in [-0.4, -0.2) is 39.9 Å². The summed E-state index contributed by atoms with van der Waals surface area (Å²) in [6.45, 7) is 2.61. The van der Waals surface area contributed by atoms with Crippen molar-refractivity contribution in [1.82, 2.24) is 4.57 Å². The van der Waals surface area contributed by atoms with Gasteiger partial charge in [0.1, 0.15) is 11.4 Å². The number of aryl methyl sites for hydroxylation is 1. The van der Waals surface area contributed by atoms with Gasteiger partial charge in [-0.2, -0.15) is 0 Å². The molecule has 2 aliphatic heterocycles. The third-order valence-corrected chi connectivity index (χ3v) is 6.10. The van der Waals surface area contributed by atoms with Gasteiger partial charge in [-0.1, -0.05) is 11.8 Å². The van der Waals surface area contributed by atoms with Gasteiger partial charge >= 0.3 is 5.97 Å². The van der Waals surface area contributed by atoms with E-state index >= 15 is 0 Å². The van der Waals surface area contributed by atoms with E-state index in [1.54, 1.807) is 10.6 Å². The van der Waals surface area contributed by atoms with Gasteiger partial charge in [-0.25, -0.2) is 9.18 Å². The lowest BCUT2D eigenvalue weighted by atomic mass is 10.0. The number of carbonyl (C=O) groups is 1. The van der Waals surface area contributed by atoms with Crippen LogP contribution in [0.2, 0.25) is 0 Å². The lowest BCUT2D eigenvalue weighted by Gasteiger charge is -2.33. The normalized spacial score (nSPS) is 17.5. The third kappa shape index (κ3) is 2.35. The highest BCUT2D eigenvalue weighted by Gasteiger charge is 2.30. The molecule has 25 heavy (non-hydrogen) atoms. The van der Waals surface area contributed by atoms with Gasteiger partial charge in [-0.05, 0) is 25.8 Å². The van der Waals surface area contributed by atoms with Crippen molar-refractivity contribution in [3.05, 3.63) is 33.2 Å². The van der Waals surface area contributed by atoms with Crippen molar-refractivity contribution >= 4 is 34.3 Å². The molecule has 132 valence electrons. The van der Waals surface area contributed by atoms with Crippen LogP contribution < -0.4 is 10.3 Å². The van der Waals surface area contributed by atoms with Crippen LogP contribution in [0.15, 0.2) is 15.9 Å². The van der Waals surface area contributed by atoms with Crippen LogP contribution in [0.3, 0.4) is 0 Å². The fraction of sp³-hybridized carbons (Fsp3) is 0.412. The summed E-state index contributed by atoms with van der Waals surface area (Å²) in [7, 11) is 0. The summed E-state index contributed by atoms with van der Waals surface area (Å²) in [5.74, 6) is -1.24. The summed E-state index contributed by atoms with van der Waals surface area (Å²) in [6, 6.07) is 1.64. The van der Waals surface area contributed by atoms with E-state index in [1.165, 1.54) is 18.7 Å². The molecular formula is C17H17FN2O4S. The highest BCUT2D eigenvalue weighted by Crippen LogP contribution is 2.39. The van der Waals surface area contributed by atoms with E-state index in [-0.39, 0.29) is 22.6 Å². The largest absolute Gasteiger partial charge is 0.477 e. The number of rotatable bonds is 2. The Hall–Kier alpha value is -2.06. The Morgan fingerprint density at radius 3 is 2.60 bits per heavy atom. The highest BCUT2D eigenvalue weighted by atomic mass is 32.2. The quantitative estimate of drug-likeness (QED) is 0.850. The van der Waals surface area contributed by atoms with E-state index in [9.17, 15) is 24.2 Å². The van der Waals surface area contributed by atoms with Crippen LogP contribution in [0.4, 0.5) is 10.1 Å². The second-order valence-corrected chi connectivity index (χ2v) is 7.40. The van der Waals surface area contributed by atoms with Crippen LogP contribution in [0.25, 0.3) is 10.9 Å². The van der Waals surface area contributed by atoms with Gasteiger partial charge in [0.05, 0.1) is 33.6 Å². The number of pyridine rings is 1. The fourth-order valence-corrected chi connectivity index (χ4v) is 4.53. The predicted molar refractivity (Wildman–Crippen MR) is 93.2 cm³/mol. The molecule has 1 fully saturated rings. The maximum atomic E-state index is 15.0. The van der Waals surface area contributed by atoms with Crippen LogP contribution in [-0.2, 0) is 5.88 Å². The van der Waals surface area contributed by atoms with Gasteiger partial charge in [0.25, 0.3) is 0 Å². The fourth-order valence-electron chi connectivity index (χ4n) is 3.59.